The van der Waals surface area contributed by atoms with Crippen LogP contribution in [-0.2, 0) is 9.53 Å². The zero-order chi connectivity index (χ0) is 20.0. The van der Waals surface area contributed by atoms with Crippen molar-refractivity contribution in [2.75, 3.05) is 0 Å². The van der Waals surface area contributed by atoms with E-state index in [1.54, 1.807) is 0 Å². The van der Waals surface area contributed by atoms with Gasteiger partial charge in [0.1, 0.15) is 11.6 Å². The van der Waals surface area contributed by atoms with Crippen molar-refractivity contribution in [2.45, 2.75) is 51.2 Å². The minimum atomic E-state index is -4.91. The maximum absolute atomic E-state index is 13.7. The Morgan fingerprint density at radius 2 is 1.92 bits per heavy atom. The minimum Gasteiger partial charge on any atom is -0.479 e. The Morgan fingerprint density at radius 1 is 1.35 bits per heavy atom. The average Bonchev–Trinajstić information content (AvgIpc) is 2.77. The van der Waals surface area contributed by atoms with E-state index < -0.39 is 53.9 Å². The van der Waals surface area contributed by atoms with Crippen LogP contribution in [0.2, 0.25) is 0 Å². The first-order chi connectivity index (χ1) is 11.8. The van der Waals surface area contributed by atoms with Gasteiger partial charge in [-0.25, -0.2) is 9.18 Å². The number of hydrogen-bond donors (Lipinski definition) is 1. The van der Waals surface area contributed by atoms with Crippen LogP contribution in [0, 0.1) is 18.7 Å². The normalized spacial score (nSPS) is 29.2. The third kappa shape index (κ3) is 3.22. The van der Waals surface area contributed by atoms with Crippen molar-refractivity contribution in [3.8, 4) is 5.75 Å². The molecule has 0 spiro atoms. The van der Waals surface area contributed by atoms with Crippen molar-refractivity contribution in [2.24, 2.45) is 5.92 Å². The molecular weight excluding hydrogens is 370 g/mol. The number of aliphatic carboxylic acids is 1. The molecule has 0 aromatic heterocycles. The van der Waals surface area contributed by atoms with Crippen LogP contribution in [0.5, 0.6) is 5.75 Å². The molecule has 0 amide bonds. The van der Waals surface area contributed by atoms with Crippen molar-refractivity contribution in [3.05, 3.63) is 29.1 Å². The number of ether oxygens (including phenoxy) is 2. The summed E-state index contributed by atoms with van der Waals surface area (Å²) in [4.78, 5) is 11.5. The highest BCUT2D eigenvalue weighted by atomic mass is 19.4. The fraction of sp³-hybridized carbons (Fsp3) is 0.562. The monoisotopic (exact) mass is 386 g/mol. The summed E-state index contributed by atoms with van der Waals surface area (Å²) in [5.41, 5.74) is -3.47. The Balaban J connectivity index is 2.65. The van der Waals surface area contributed by atoms with E-state index in [0.717, 1.165) is 26.0 Å². The van der Waals surface area contributed by atoms with Crippen molar-refractivity contribution >= 4 is 5.97 Å². The summed E-state index contributed by atoms with van der Waals surface area (Å²) in [6, 6.07) is 1.81. The first-order valence-electron chi connectivity index (χ1n) is 7.52. The first kappa shape index (κ1) is 20.3. The zero-order valence-corrected chi connectivity index (χ0v) is 13.9. The van der Waals surface area contributed by atoms with Gasteiger partial charge in [0.15, 0.2) is 11.7 Å². The molecule has 4 atom stereocenters. The Bertz CT molecular complexity index is 705. The van der Waals surface area contributed by atoms with Crippen molar-refractivity contribution in [1.29, 1.82) is 0 Å². The summed E-state index contributed by atoms with van der Waals surface area (Å²) in [6.07, 6.45) is -6.88. The lowest BCUT2D eigenvalue weighted by Gasteiger charge is -2.32. The number of benzene rings is 1. The van der Waals surface area contributed by atoms with Crippen LogP contribution in [0.3, 0.4) is 0 Å². The largest absolute Gasteiger partial charge is 0.479 e. The van der Waals surface area contributed by atoms with Gasteiger partial charge in [-0.05, 0) is 19.9 Å². The molecule has 4 nitrogen and oxygen atoms in total. The minimum absolute atomic E-state index is 0.280. The summed E-state index contributed by atoms with van der Waals surface area (Å²) < 4.78 is 88.6. The SMILES string of the molecule is Cc1c(F)ccc(C2C(C)C(C)(C(F)(F)F)O[C@H]2C(=O)O)c1OC(F)F. The van der Waals surface area contributed by atoms with Crippen LogP contribution < -0.4 is 4.74 Å². The number of carboxylic acid groups (broad SMARTS) is 1. The van der Waals surface area contributed by atoms with E-state index in [4.69, 9.17) is 4.74 Å². The van der Waals surface area contributed by atoms with Crippen LogP contribution in [0.1, 0.15) is 30.9 Å². The molecule has 26 heavy (non-hydrogen) atoms. The highest BCUT2D eigenvalue weighted by molar-refractivity contribution is 5.75. The van der Waals surface area contributed by atoms with Crippen LogP contribution >= 0.6 is 0 Å². The molecular formula is C16H16F6O4. The van der Waals surface area contributed by atoms with Crippen LogP contribution in [-0.4, -0.2) is 35.6 Å². The Morgan fingerprint density at radius 3 is 2.38 bits per heavy atom. The smallest absolute Gasteiger partial charge is 0.417 e. The molecule has 3 unspecified atom stereocenters. The van der Waals surface area contributed by atoms with E-state index in [-0.39, 0.29) is 11.1 Å². The lowest BCUT2D eigenvalue weighted by molar-refractivity contribution is -0.273. The number of alkyl halides is 5. The second kappa shape index (κ2) is 6.64. The van der Waals surface area contributed by atoms with Gasteiger partial charge in [-0.1, -0.05) is 13.0 Å². The molecule has 10 heteroatoms. The molecule has 1 aliphatic rings. The maximum atomic E-state index is 13.7. The predicted molar refractivity (Wildman–Crippen MR) is 76.6 cm³/mol. The molecule has 1 aliphatic heterocycles. The van der Waals surface area contributed by atoms with Gasteiger partial charge in [0.25, 0.3) is 0 Å². The van der Waals surface area contributed by atoms with E-state index in [0.29, 0.717) is 6.92 Å². The zero-order valence-electron chi connectivity index (χ0n) is 13.9. The lowest BCUT2D eigenvalue weighted by atomic mass is 9.76. The maximum Gasteiger partial charge on any atom is 0.417 e. The molecule has 1 heterocycles. The molecule has 1 aromatic carbocycles. The second-order valence-electron chi connectivity index (χ2n) is 6.27. The van der Waals surface area contributed by atoms with E-state index in [1.165, 1.54) is 0 Å². The van der Waals surface area contributed by atoms with E-state index in [2.05, 4.69) is 4.74 Å². The molecule has 2 rings (SSSR count). The third-order valence-electron chi connectivity index (χ3n) is 4.85. The second-order valence-corrected chi connectivity index (χ2v) is 6.27. The van der Waals surface area contributed by atoms with Crippen LogP contribution in [0.25, 0.3) is 0 Å². The Hall–Kier alpha value is -1.97. The first-order valence-corrected chi connectivity index (χ1v) is 7.52. The Labute approximate surface area is 144 Å². The number of halogens is 6. The number of carbonyl (C=O) groups is 1. The number of hydrogen-bond acceptors (Lipinski definition) is 3. The van der Waals surface area contributed by atoms with Gasteiger partial charge in [0.2, 0.25) is 0 Å². The number of rotatable bonds is 4. The molecule has 0 aliphatic carbocycles. The highest BCUT2D eigenvalue weighted by Crippen LogP contribution is 2.55. The van der Waals surface area contributed by atoms with Gasteiger partial charge in [-0.2, -0.15) is 22.0 Å². The lowest BCUT2D eigenvalue weighted by Crippen LogP contribution is -2.47. The molecule has 1 N–H and O–H groups in total. The molecule has 1 aromatic rings. The van der Waals surface area contributed by atoms with Gasteiger partial charge in [-0.3, -0.25) is 0 Å². The van der Waals surface area contributed by atoms with Gasteiger partial charge >= 0.3 is 18.8 Å². The fourth-order valence-electron chi connectivity index (χ4n) is 3.21. The van der Waals surface area contributed by atoms with E-state index >= 15 is 0 Å². The quantitative estimate of drug-likeness (QED) is 0.786. The van der Waals surface area contributed by atoms with Crippen molar-refractivity contribution < 1.29 is 45.7 Å². The molecule has 1 fully saturated rings. The standard InChI is InChI=1S/C16H16F6O4/c1-6-9(17)5-4-8(11(6)25-14(18)19)10-7(2)15(3,16(20,21)22)26-12(10)13(23)24/h4-5,7,10,12,14H,1-3H3,(H,23,24)/t7?,10?,12-,15?/m1/s1. The predicted octanol–water partition coefficient (Wildman–Crippen LogP) is 4.26. The molecule has 146 valence electrons. The number of carboxylic acids is 1. The van der Waals surface area contributed by atoms with E-state index in [9.17, 15) is 36.2 Å². The summed E-state index contributed by atoms with van der Waals surface area (Å²) >= 11 is 0. The van der Waals surface area contributed by atoms with Crippen LogP contribution in [0.15, 0.2) is 12.1 Å². The van der Waals surface area contributed by atoms with Crippen molar-refractivity contribution in [3.63, 3.8) is 0 Å². The summed E-state index contributed by atoms with van der Waals surface area (Å²) in [5, 5.41) is 9.30. The summed E-state index contributed by atoms with van der Waals surface area (Å²) in [7, 11) is 0. The third-order valence-corrected chi connectivity index (χ3v) is 4.85. The molecule has 0 bridgehead atoms. The molecule has 0 radical (unpaired) electrons. The van der Waals surface area contributed by atoms with Crippen molar-refractivity contribution in [1.82, 2.24) is 0 Å². The van der Waals surface area contributed by atoms with Gasteiger partial charge in [0, 0.05) is 23.0 Å². The van der Waals surface area contributed by atoms with Gasteiger partial charge in [0.05, 0.1) is 0 Å². The van der Waals surface area contributed by atoms with Crippen LogP contribution in [0.4, 0.5) is 26.3 Å². The highest BCUT2D eigenvalue weighted by Gasteiger charge is 2.66. The van der Waals surface area contributed by atoms with Gasteiger partial charge in [-0.15, -0.1) is 0 Å². The van der Waals surface area contributed by atoms with E-state index in [1.807, 2.05) is 0 Å². The molecule has 1 saturated heterocycles. The summed E-state index contributed by atoms with van der Waals surface area (Å²) in [5.74, 6) is -6.24. The summed E-state index contributed by atoms with van der Waals surface area (Å²) in [6.45, 7) is -0.469. The Kier molecular flexibility index (Phi) is 5.19. The average molecular weight is 386 g/mol. The topological polar surface area (TPSA) is 55.8 Å². The molecule has 0 saturated carbocycles. The van der Waals surface area contributed by atoms with Gasteiger partial charge < -0.3 is 14.6 Å². The fourth-order valence-corrected chi connectivity index (χ4v) is 3.21.